The SMILES string of the molecule is Cc1cc(C)c(NC(=O)CN(C)[C@@H](C)c2nnc(-c3ccc([N+](=O)[O-])cc3)o2)c(C)c1. The van der Waals surface area contributed by atoms with Crippen molar-refractivity contribution in [3.8, 4) is 11.5 Å². The molecular formula is C22H25N5O4. The van der Waals surface area contributed by atoms with Crippen LogP contribution >= 0.6 is 0 Å². The first-order valence-corrected chi connectivity index (χ1v) is 9.82. The second-order valence-electron chi connectivity index (χ2n) is 7.66. The van der Waals surface area contributed by atoms with Gasteiger partial charge in [-0.25, -0.2) is 0 Å². The molecule has 0 radical (unpaired) electrons. The molecule has 0 saturated carbocycles. The molecule has 1 heterocycles. The van der Waals surface area contributed by atoms with Gasteiger partial charge in [0.05, 0.1) is 17.5 Å². The topological polar surface area (TPSA) is 114 Å². The summed E-state index contributed by atoms with van der Waals surface area (Å²) in [6, 6.07) is 9.65. The third-order valence-corrected chi connectivity index (χ3v) is 5.12. The molecule has 31 heavy (non-hydrogen) atoms. The van der Waals surface area contributed by atoms with Crippen LogP contribution in [0.15, 0.2) is 40.8 Å². The summed E-state index contributed by atoms with van der Waals surface area (Å²) in [5, 5.41) is 21.9. The number of rotatable bonds is 7. The first kappa shape index (κ1) is 22.1. The van der Waals surface area contributed by atoms with Gasteiger partial charge in [0, 0.05) is 23.4 Å². The zero-order valence-corrected chi connectivity index (χ0v) is 18.2. The lowest BCUT2D eigenvalue weighted by molar-refractivity contribution is -0.384. The molecule has 1 N–H and O–H groups in total. The number of aromatic nitrogens is 2. The third kappa shape index (κ3) is 5.13. The van der Waals surface area contributed by atoms with Crippen molar-refractivity contribution in [1.29, 1.82) is 0 Å². The summed E-state index contributed by atoms with van der Waals surface area (Å²) < 4.78 is 5.74. The van der Waals surface area contributed by atoms with Gasteiger partial charge in [-0.05, 0) is 58.0 Å². The monoisotopic (exact) mass is 423 g/mol. The van der Waals surface area contributed by atoms with Crippen molar-refractivity contribution in [1.82, 2.24) is 15.1 Å². The van der Waals surface area contributed by atoms with E-state index < -0.39 is 4.92 Å². The Labute approximate surface area is 180 Å². The van der Waals surface area contributed by atoms with Crippen LogP contribution in [0.1, 0.15) is 35.5 Å². The van der Waals surface area contributed by atoms with Gasteiger partial charge in [-0.15, -0.1) is 10.2 Å². The minimum absolute atomic E-state index is 0.0124. The van der Waals surface area contributed by atoms with Gasteiger partial charge in [0.15, 0.2) is 0 Å². The number of carbonyl (C=O) groups excluding carboxylic acids is 1. The maximum atomic E-state index is 12.6. The molecule has 2 aromatic carbocycles. The number of carbonyl (C=O) groups is 1. The van der Waals surface area contributed by atoms with E-state index >= 15 is 0 Å². The number of hydrogen-bond donors (Lipinski definition) is 1. The van der Waals surface area contributed by atoms with E-state index in [0.29, 0.717) is 11.5 Å². The Kier molecular flexibility index (Phi) is 6.45. The summed E-state index contributed by atoms with van der Waals surface area (Å²) >= 11 is 0. The molecule has 0 spiro atoms. The van der Waals surface area contributed by atoms with Gasteiger partial charge in [0.2, 0.25) is 17.7 Å². The summed E-state index contributed by atoms with van der Waals surface area (Å²) in [6.07, 6.45) is 0. The molecule has 0 unspecified atom stereocenters. The molecule has 1 atom stereocenters. The van der Waals surface area contributed by atoms with Crippen LogP contribution in [0.3, 0.4) is 0 Å². The molecule has 0 fully saturated rings. The molecule has 0 aliphatic heterocycles. The van der Waals surface area contributed by atoms with Gasteiger partial charge >= 0.3 is 0 Å². The van der Waals surface area contributed by atoms with Gasteiger partial charge < -0.3 is 9.73 Å². The maximum absolute atomic E-state index is 12.6. The molecule has 1 aromatic heterocycles. The zero-order chi connectivity index (χ0) is 22.7. The van der Waals surface area contributed by atoms with E-state index in [1.54, 1.807) is 24.1 Å². The molecule has 9 heteroatoms. The molecule has 3 aromatic rings. The van der Waals surface area contributed by atoms with E-state index in [2.05, 4.69) is 15.5 Å². The molecule has 0 aliphatic carbocycles. The highest BCUT2D eigenvalue weighted by Gasteiger charge is 2.22. The first-order valence-electron chi connectivity index (χ1n) is 9.82. The molecule has 1 amide bonds. The van der Waals surface area contributed by atoms with Gasteiger partial charge in [0.1, 0.15) is 0 Å². The first-order chi connectivity index (χ1) is 14.7. The second kappa shape index (κ2) is 9.05. The number of nitrogens with zero attached hydrogens (tertiary/aromatic N) is 4. The Bertz CT molecular complexity index is 1080. The Morgan fingerprint density at radius 3 is 2.35 bits per heavy atom. The van der Waals surface area contributed by atoms with Crippen molar-refractivity contribution in [3.05, 3.63) is 69.1 Å². The Hall–Kier alpha value is -3.59. The average molecular weight is 423 g/mol. The highest BCUT2D eigenvalue weighted by molar-refractivity contribution is 5.93. The summed E-state index contributed by atoms with van der Waals surface area (Å²) in [5.41, 5.74) is 4.59. The quantitative estimate of drug-likeness (QED) is 0.447. The number of nitro benzene ring substituents is 1. The molecule has 9 nitrogen and oxygen atoms in total. The van der Waals surface area contributed by atoms with E-state index in [0.717, 1.165) is 22.4 Å². The average Bonchev–Trinajstić information content (AvgIpc) is 3.20. The van der Waals surface area contributed by atoms with Crippen molar-refractivity contribution in [2.75, 3.05) is 18.9 Å². The van der Waals surface area contributed by atoms with Crippen molar-refractivity contribution in [2.24, 2.45) is 0 Å². The Balaban J connectivity index is 1.66. The number of amides is 1. The highest BCUT2D eigenvalue weighted by Crippen LogP contribution is 2.25. The Morgan fingerprint density at radius 2 is 1.77 bits per heavy atom. The van der Waals surface area contributed by atoms with Crippen LogP contribution in [0.2, 0.25) is 0 Å². The van der Waals surface area contributed by atoms with Crippen LogP contribution in [0.5, 0.6) is 0 Å². The van der Waals surface area contributed by atoms with Crippen molar-refractivity contribution in [2.45, 2.75) is 33.7 Å². The maximum Gasteiger partial charge on any atom is 0.269 e. The van der Waals surface area contributed by atoms with Gasteiger partial charge in [0.25, 0.3) is 5.69 Å². The minimum Gasteiger partial charge on any atom is -0.419 e. The third-order valence-electron chi connectivity index (χ3n) is 5.12. The van der Waals surface area contributed by atoms with Crippen LogP contribution in [0.25, 0.3) is 11.5 Å². The van der Waals surface area contributed by atoms with E-state index in [9.17, 15) is 14.9 Å². The van der Waals surface area contributed by atoms with Gasteiger partial charge in [-0.3, -0.25) is 19.8 Å². The van der Waals surface area contributed by atoms with Crippen LogP contribution < -0.4 is 5.32 Å². The Morgan fingerprint density at radius 1 is 1.16 bits per heavy atom. The lowest BCUT2D eigenvalue weighted by Crippen LogP contribution is -2.32. The fraction of sp³-hybridized carbons (Fsp3) is 0.318. The fourth-order valence-corrected chi connectivity index (χ4v) is 3.35. The molecule has 0 saturated heterocycles. The highest BCUT2D eigenvalue weighted by atomic mass is 16.6. The van der Waals surface area contributed by atoms with E-state index in [-0.39, 0.29) is 30.1 Å². The molecule has 162 valence electrons. The minimum atomic E-state index is -0.468. The normalized spacial score (nSPS) is 12.1. The number of nitrogens with one attached hydrogen (secondary N) is 1. The fourth-order valence-electron chi connectivity index (χ4n) is 3.35. The van der Waals surface area contributed by atoms with Crippen LogP contribution in [0, 0.1) is 30.9 Å². The predicted molar refractivity (Wildman–Crippen MR) is 117 cm³/mol. The summed E-state index contributed by atoms with van der Waals surface area (Å²) in [7, 11) is 1.80. The van der Waals surface area contributed by atoms with Crippen molar-refractivity contribution >= 4 is 17.3 Å². The number of non-ortho nitro benzene ring substituents is 1. The van der Waals surface area contributed by atoms with E-state index in [4.69, 9.17) is 4.42 Å². The largest absolute Gasteiger partial charge is 0.419 e. The van der Waals surface area contributed by atoms with Gasteiger partial charge in [-0.2, -0.15) is 0 Å². The van der Waals surface area contributed by atoms with E-state index in [1.165, 1.54) is 12.1 Å². The van der Waals surface area contributed by atoms with Gasteiger partial charge in [-0.1, -0.05) is 17.7 Å². The number of benzene rings is 2. The second-order valence-corrected chi connectivity index (χ2v) is 7.66. The number of hydrogen-bond acceptors (Lipinski definition) is 7. The zero-order valence-electron chi connectivity index (χ0n) is 18.2. The van der Waals surface area contributed by atoms with Crippen LogP contribution in [-0.4, -0.2) is 39.5 Å². The van der Waals surface area contributed by atoms with E-state index in [1.807, 2.05) is 39.8 Å². The predicted octanol–water partition coefficient (Wildman–Crippen LogP) is 4.20. The summed E-state index contributed by atoms with van der Waals surface area (Å²) in [5.74, 6) is 0.478. The number of aryl methyl sites for hydroxylation is 3. The summed E-state index contributed by atoms with van der Waals surface area (Å²) in [6.45, 7) is 7.97. The molecular weight excluding hydrogens is 398 g/mol. The summed E-state index contributed by atoms with van der Waals surface area (Å²) in [4.78, 5) is 24.7. The molecule has 0 aliphatic rings. The van der Waals surface area contributed by atoms with Crippen molar-refractivity contribution < 1.29 is 14.1 Å². The van der Waals surface area contributed by atoms with Crippen LogP contribution in [0.4, 0.5) is 11.4 Å². The number of likely N-dealkylation sites (N-methyl/N-ethyl adjacent to an activating group) is 1. The molecule has 3 rings (SSSR count). The lowest BCUT2D eigenvalue weighted by atomic mass is 10.1. The standard InChI is InChI=1S/C22H25N5O4/c1-13-10-14(2)20(15(3)11-13)23-19(28)12-26(5)16(4)21-24-25-22(31-21)17-6-8-18(9-7-17)27(29)30/h6-11,16H,12H2,1-5H3,(H,23,28)/t16-/m0/s1. The number of nitro groups is 1. The van der Waals surface area contributed by atoms with Crippen LogP contribution in [-0.2, 0) is 4.79 Å². The van der Waals surface area contributed by atoms with Crippen molar-refractivity contribution in [3.63, 3.8) is 0 Å². The lowest BCUT2D eigenvalue weighted by Gasteiger charge is -2.22. The number of anilines is 1. The molecule has 0 bridgehead atoms. The smallest absolute Gasteiger partial charge is 0.269 e.